The first-order valence-corrected chi connectivity index (χ1v) is 6.73. The van der Waals surface area contributed by atoms with Crippen molar-refractivity contribution in [3.8, 4) is 0 Å². The van der Waals surface area contributed by atoms with Crippen molar-refractivity contribution < 1.29 is 9.72 Å². The van der Waals surface area contributed by atoms with E-state index < -0.39 is 4.92 Å². The monoisotopic (exact) mass is 279 g/mol. The van der Waals surface area contributed by atoms with Gasteiger partial charge in [-0.3, -0.25) is 14.9 Å². The quantitative estimate of drug-likeness (QED) is 0.641. The molecule has 1 amide bonds. The van der Waals surface area contributed by atoms with Crippen LogP contribution in [0.25, 0.3) is 0 Å². The van der Waals surface area contributed by atoms with Gasteiger partial charge in [0.25, 0.3) is 11.6 Å². The smallest absolute Gasteiger partial charge is 0.270 e. The average Bonchev–Trinajstić information content (AvgIpc) is 2.46. The zero-order valence-corrected chi connectivity index (χ0v) is 12.3. The van der Waals surface area contributed by atoms with Gasteiger partial charge in [-0.1, -0.05) is 6.92 Å². The maximum Gasteiger partial charge on any atom is 0.270 e. The number of rotatable bonds is 6. The van der Waals surface area contributed by atoms with Crippen molar-refractivity contribution in [3.63, 3.8) is 0 Å². The van der Waals surface area contributed by atoms with Crippen LogP contribution in [0, 0.1) is 10.1 Å². The van der Waals surface area contributed by atoms with Gasteiger partial charge in [-0.2, -0.15) is 0 Å². The molecule has 0 spiro atoms. The molecule has 0 saturated carbocycles. The molecule has 0 bridgehead atoms. The SMILES string of the molecule is CCC(C)N(CC)C(=O)c1cc([N+](=O)[O-])ccc1NC. The van der Waals surface area contributed by atoms with Gasteiger partial charge in [0, 0.05) is 37.5 Å². The first kappa shape index (κ1) is 15.9. The minimum atomic E-state index is -0.490. The Labute approximate surface area is 118 Å². The Kier molecular flexibility index (Phi) is 5.49. The van der Waals surface area contributed by atoms with Crippen molar-refractivity contribution in [2.45, 2.75) is 33.2 Å². The summed E-state index contributed by atoms with van der Waals surface area (Å²) in [4.78, 5) is 24.7. The molecule has 6 nitrogen and oxygen atoms in total. The average molecular weight is 279 g/mol. The lowest BCUT2D eigenvalue weighted by molar-refractivity contribution is -0.384. The second-order valence-electron chi connectivity index (χ2n) is 4.59. The van der Waals surface area contributed by atoms with Crippen LogP contribution >= 0.6 is 0 Å². The van der Waals surface area contributed by atoms with Crippen molar-refractivity contribution >= 4 is 17.3 Å². The van der Waals surface area contributed by atoms with Gasteiger partial charge >= 0.3 is 0 Å². The Balaban J connectivity index is 3.24. The van der Waals surface area contributed by atoms with Gasteiger partial charge in [0.15, 0.2) is 0 Å². The molecule has 0 aliphatic rings. The van der Waals surface area contributed by atoms with Gasteiger partial charge in [-0.25, -0.2) is 0 Å². The first-order chi connectivity index (χ1) is 9.46. The Hall–Kier alpha value is -2.11. The summed E-state index contributed by atoms with van der Waals surface area (Å²) >= 11 is 0. The van der Waals surface area contributed by atoms with Gasteiger partial charge in [-0.05, 0) is 26.3 Å². The van der Waals surface area contributed by atoms with E-state index >= 15 is 0 Å². The maximum atomic E-state index is 12.6. The number of benzene rings is 1. The molecular formula is C14H21N3O3. The number of carbonyl (C=O) groups excluding carboxylic acids is 1. The molecule has 0 aromatic heterocycles. The van der Waals surface area contributed by atoms with Gasteiger partial charge in [-0.15, -0.1) is 0 Å². The van der Waals surface area contributed by atoms with Crippen molar-refractivity contribution in [3.05, 3.63) is 33.9 Å². The number of nitro groups is 1. The molecule has 0 heterocycles. The summed E-state index contributed by atoms with van der Waals surface area (Å²) in [7, 11) is 1.69. The Bertz CT molecular complexity index is 502. The molecule has 110 valence electrons. The van der Waals surface area contributed by atoms with Gasteiger partial charge < -0.3 is 10.2 Å². The molecule has 1 rings (SSSR count). The number of carbonyl (C=O) groups is 1. The Morgan fingerprint density at radius 2 is 2.10 bits per heavy atom. The predicted octanol–water partition coefficient (Wildman–Crippen LogP) is 2.90. The van der Waals surface area contributed by atoms with Crippen LogP contribution in [0.4, 0.5) is 11.4 Å². The molecule has 1 atom stereocenters. The lowest BCUT2D eigenvalue weighted by Gasteiger charge is -2.28. The zero-order valence-electron chi connectivity index (χ0n) is 12.3. The van der Waals surface area contributed by atoms with Crippen LogP contribution in [0.15, 0.2) is 18.2 Å². The molecule has 0 aliphatic carbocycles. The Morgan fingerprint density at radius 1 is 1.45 bits per heavy atom. The topological polar surface area (TPSA) is 75.5 Å². The summed E-state index contributed by atoms with van der Waals surface area (Å²) in [6.07, 6.45) is 0.837. The van der Waals surface area contributed by atoms with Gasteiger partial charge in [0.05, 0.1) is 10.5 Å². The highest BCUT2D eigenvalue weighted by Crippen LogP contribution is 2.24. The third kappa shape index (κ3) is 3.26. The molecule has 1 aromatic carbocycles. The number of hydrogen-bond donors (Lipinski definition) is 1. The molecule has 0 saturated heterocycles. The summed E-state index contributed by atoms with van der Waals surface area (Å²) < 4.78 is 0. The van der Waals surface area contributed by atoms with Crippen LogP contribution in [0.1, 0.15) is 37.6 Å². The standard InChI is InChI=1S/C14H21N3O3/c1-5-10(3)16(6-2)14(18)12-9-11(17(19)20)7-8-13(12)15-4/h7-10,15H,5-6H2,1-4H3. The van der Waals surface area contributed by atoms with Crippen LogP contribution in [0.5, 0.6) is 0 Å². The fourth-order valence-electron chi connectivity index (χ4n) is 2.07. The predicted molar refractivity (Wildman–Crippen MR) is 79.1 cm³/mol. The van der Waals surface area contributed by atoms with E-state index in [2.05, 4.69) is 5.32 Å². The number of nitrogens with one attached hydrogen (secondary N) is 1. The van der Waals surface area contributed by atoms with Gasteiger partial charge in [0.2, 0.25) is 0 Å². The molecule has 1 unspecified atom stereocenters. The van der Waals surface area contributed by atoms with Crippen molar-refractivity contribution in [1.29, 1.82) is 0 Å². The van der Waals surface area contributed by atoms with Gasteiger partial charge in [0.1, 0.15) is 0 Å². The maximum absolute atomic E-state index is 12.6. The summed E-state index contributed by atoms with van der Waals surface area (Å²) in [5, 5.41) is 13.8. The van der Waals surface area contributed by atoms with Crippen LogP contribution in [-0.4, -0.2) is 35.4 Å². The zero-order chi connectivity index (χ0) is 15.3. The second-order valence-corrected chi connectivity index (χ2v) is 4.59. The van der Waals surface area contributed by atoms with Crippen molar-refractivity contribution in [1.82, 2.24) is 4.90 Å². The third-order valence-electron chi connectivity index (χ3n) is 3.44. The molecule has 6 heteroatoms. The summed E-state index contributed by atoms with van der Waals surface area (Å²) in [6, 6.07) is 4.38. The van der Waals surface area contributed by atoms with E-state index in [9.17, 15) is 14.9 Å². The van der Waals surface area contributed by atoms with E-state index in [1.54, 1.807) is 18.0 Å². The van der Waals surface area contributed by atoms with E-state index in [0.717, 1.165) is 6.42 Å². The van der Waals surface area contributed by atoms with Crippen molar-refractivity contribution in [2.24, 2.45) is 0 Å². The molecule has 0 aliphatic heterocycles. The molecule has 0 fully saturated rings. The van der Waals surface area contributed by atoms with E-state index in [1.807, 2.05) is 20.8 Å². The number of hydrogen-bond acceptors (Lipinski definition) is 4. The van der Waals surface area contributed by atoms with Crippen LogP contribution in [0.2, 0.25) is 0 Å². The van der Waals surface area contributed by atoms with Crippen LogP contribution in [-0.2, 0) is 0 Å². The number of anilines is 1. The second kappa shape index (κ2) is 6.88. The number of non-ortho nitro benzene ring substituents is 1. The molecule has 0 radical (unpaired) electrons. The Morgan fingerprint density at radius 3 is 2.55 bits per heavy atom. The summed E-state index contributed by atoms with van der Waals surface area (Å²) in [5.74, 6) is -0.185. The normalized spacial score (nSPS) is 11.8. The summed E-state index contributed by atoms with van der Waals surface area (Å²) in [6.45, 7) is 6.45. The number of amides is 1. The number of nitrogens with zero attached hydrogens (tertiary/aromatic N) is 2. The highest BCUT2D eigenvalue weighted by molar-refractivity contribution is 6.00. The minimum Gasteiger partial charge on any atom is -0.387 e. The minimum absolute atomic E-state index is 0.0763. The largest absolute Gasteiger partial charge is 0.387 e. The highest BCUT2D eigenvalue weighted by atomic mass is 16.6. The molecule has 20 heavy (non-hydrogen) atoms. The highest BCUT2D eigenvalue weighted by Gasteiger charge is 2.23. The third-order valence-corrected chi connectivity index (χ3v) is 3.44. The fourth-order valence-corrected chi connectivity index (χ4v) is 2.07. The molecular weight excluding hydrogens is 258 g/mol. The number of nitro benzene ring substituents is 1. The summed E-state index contributed by atoms with van der Waals surface area (Å²) in [5.41, 5.74) is 0.860. The van der Waals surface area contributed by atoms with E-state index in [-0.39, 0.29) is 17.6 Å². The lowest BCUT2D eigenvalue weighted by atomic mass is 10.1. The van der Waals surface area contributed by atoms with Crippen molar-refractivity contribution in [2.75, 3.05) is 18.9 Å². The molecule has 1 N–H and O–H groups in total. The van der Waals surface area contributed by atoms with E-state index in [0.29, 0.717) is 17.8 Å². The fraction of sp³-hybridized carbons (Fsp3) is 0.500. The molecule has 1 aromatic rings. The van der Waals surface area contributed by atoms with Crippen LogP contribution < -0.4 is 5.32 Å². The van der Waals surface area contributed by atoms with Crippen LogP contribution in [0.3, 0.4) is 0 Å². The van der Waals surface area contributed by atoms with E-state index in [1.165, 1.54) is 12.1 Å². The lowest BCUT2D eigenvalue weighted by Crippen LogP contribution is -2.38. The first-order valence-electron chi connectivity index (χ1n) is 6.73. The van der Waals surface area contributed by atoms with E-state index in [4.69, 9.17) is 0 Å².